The number of hydrogen-bond acceptors (Lipinski definition) is 4. The van der Waals surface area contributed by atoms with Gasteiger partial charge in [0.15, 0.2) is 5.78 Å². The lowest BCUT2D eigenvalue weighted by molar-refractivity contribution is -0.137. The maximum atomic E-state index is 12.5. The maximum Gasteiger partial charge on any atom is 0.416 e. The Morgan fingerprint density at radius 1 is 0.926 bits per heavy atom. The number of alkyl halides is 3. The van der Waals surface area contributed by atoms with Gasteiger partial charge in [0.05, 0.1) is 10.4 Å². The third-order valence-corrected chi connectivity index (χ3v) is 4.49. The summed E-state index contributed by atoms with van der Waals surface area (Å²) >= 11 is 1.32. The van der Waals surface area contributed by atoms with E-state index >= 15 is 0 Å². The summed E-state index contributed by atoms with van der Waals surface area (Å²) in [6.45, 7) is 0.267. The first-order chi connectivity index (χ1) is 12.8. The van der Waals surface area contributed by atoms with Crippen LogP contribution in [-0.4, -0.2) is 30.7 Å². The molecule has 1 aromatic carbocycles. The zero-order chi connectivity index (χ0) is 19.9. The van der Waals surface area contributed by atoms with Gasteiger partial charge in [-0.1, -0.05) is 6.07 Å². The molecule has 0 unspecified atom stereocenters. The van der Waals surface area contributed by atoms with Crippen LogP contribution in [-0.2, 0) is 11.0 Å². The second-order valence-corrected chi connectivity index (χ2v) is 6.53. The zero-order valence-electron chi connectivity index (χ0n) is 14.1. The number of Topliss-reactive ketones (excluding diaryl/α,β-unsaturated/α-hetero) is 1. The normalized spacial score (nSPS) is 11.1. The van der Waals surface area contributed by atoms with Crippen molar-refractivity contribution in [2.45, 2.75) is 19.0 Å². The first kappa shape index (κ1) is 20.6. The number of halogens is 3. The van der Waals surface area contributed by atoms with Crippen molar-refractivity contribution in [2.75, 3.05) is 13.1 Å². The first-order valence-electron chi connectivity index (χ1n) is 8.06. The lowest BCUT2D eigenvalue weighted by Crippen LogP contribution is -2.34. The molecule has 1 heterocycles. The molecule has 144 valence electrons. The third kappa shape index (κ3) is 6.52. The molecule has 0 saturated carbocycles. The van der Waals surface area contributed by atoms with Crippen molar-refractivity contribution < 1.29 is 27.6 Å². The molecule has 0 aliphatic carbocycles. The summed E-state index contributed by atoms with van der Waals surface area (Å²) in [5.41, 5.74) is -0.737. The van der Waals surface area contributed by atoms with Crippen LogP contribution in [0.15, 0.2) is 41.8 Å². The third-order valence-electron chi connectivity index (χ3n) is 3.58. The molecular formula is C18H17F3N2O3S. The number of carbonyl (C=O) groups is 3. The Kier molecular flexibility index (Phi) is 7.12. The summed E-state index contributed by atoms with van der Waals surface area (Å²) in [5.74, 6) is -0.953. The summed E-state index contributed by atoms with van der Waals surface area (Å²) in [6.07, 6.45) is -4.31. The van der Waals surface area contributed by atoms with Crippen LogP contribution in [0, 0.1) is 0 Å². The number of ketones is 1. The van der Waals surface area contributed by atoms with E-state index in [-0.39, 0.29) is 43.2 Å². The Morgan fingerprint density at radius 2 is 1.59 bits per heavy atom. The van der Waals surface area contributed by atoms with Crippen LogP contribution in [0.25, 0.3) is 0 Å². The molecule has 2 amide bonds. The molecule has 0 aliphatic heterocycles. The predicted octanol–water partition coefficient (Wildman–Crippen LogP) is 3.28. The van der Waals surface area contributed by atoms with Crippen LogP contribution < -0.4 is 10.6 Å². The monoisotopic (exact) mass is 398 g/mol. The minimum absolute atomic E-state index is 0.0452. The Bertz CT molecular complexity index is 787. The van der Waals surface area contributed by atoms with Gasteiger partial charge in [0.1, 0.15) is 0 Å². The second kappa shape index (κ2) is 9.31. The van der Waals surface area contributed by atoms with E-state index in [0.717, 1.165) is 24.3 Å². The molecule has 9 heteroatoms. The van der Waals surface area contributed by atoms with Gasteiger partial charge in [-0.3, -0.25) is 14.4 Å². The van der Waals surface area contributed by atoms with E-state index in [2.05, 4.69) is 10.6 Å². The second-order valence-electron chi connectivity index (χ2n) is 5.58. The number of carbonyl (C=O) groups excluding carboxylic acids is 3. The van der Waals surface area contributed by atoms with E-state index in [1.807, 2.05) is 0 Å². The summed E-state index contributed by atoms with van der Waals surface area (Å²) in [4.78, 5) is 35.9. The van der Waals surface area contributed by atoms with Crippen molar-refractivity contribution in [3.05, 3.63) is 57.8 Å². The van der Waals surface area contributed by atoms with Gasteiger partial charge >= 0.3 is 6.18 Å². The topological polar surface area (TPSA) is 75.3 Å². The number of rotatable bonds is 8. The quantitative estimate of drug-likeness (QED) is 0.529. The Hall–Kier alpha value is -2.68. The number of nitrogens with one attached hydrogen (secondary N) is 2. The van der Waals surface area contributed by atoms with E-state index in [1.165, 1.54) is 11.3 Å². The average molecular weight is 398 g/mol. The summed E-state index contributed by atoms with van der Waals surface area (Å²) in [6, 6.07) is 7.31. The van der Waals surface area contributed by atoms with Crippen molar-refractivity contribution in [1.29, 1.82) is 0 Å². The SMILES string of the molecule is O=C(CCC(=O)c1cccs1)NCCNC(=O)c1ccc(C(F)(F)F)cc1. The molecule has 27 heavy (non-hydrogen) atoms. The predicted molar refractivity (Wildman–Crippen MR) is 94.7 cm³/mol. The molecule has 0 saturated heterocycles. The minimum atomic E-state index is -4.45. The number of amides is 2. The molecular weight excluding hydrogens is 381 g/mol. The largest absolute Gasteiger partial charge is 0.416 e. The molecule has 2 rings (SSSR count). The van der Waals surface area contributed by atoms with Gasteiger partial charge in [-0.25, -0.2) is 0 Å². The van der Waals surface area contributed by atoms with E-state index in [9.17, 15) is 27.6 Å². The highest BCUT2D eigenvalue weighted by Crippen LogP contribution is 2.29. The van der Waals surface area contributed by atoms with Crippen molar-refractivity contribution in [1.82, 2.24) is 10.6 Å². The Morgan fingerprint density at radius 3 is 2.19 bits per heavy atom. The molecule has 0 spiro atoms. The van der Waals surface area contributed by atoms with E-state index in [1.54, 1.807) is 17.5 Å². The lowest BCUT2D eigenvalue weighted by atomic mass is 10.1. The molecule has 0 fully saturated rings. The first-order valence-corrected chi connectivity index (χ1v) is 8.94. The highest BCUT2D eigenvalue weighted by Gasteiger charge is 2.30. The number of benzene rings is 1. The van der Waals surface area contributed by atoms with Crippen LogP contribution >= 0.6 is 11.3 Å². The fraction of sp³-hybridized carbons (Fsp3) is 0.278. The molecule has 5 nitrogen and oxygen atoms in total. The highest BCUT2D eigenvalue weighted by molar-refractivity contribution is 7.12. The smallest absolute Gasteiger partial charge is 0.354 e. The van der Waals surface area contributed by atoms with Crippen LogP contribution in [0.2, 0.25) is 0 Å². The van der Waals surface area contributed by atoms with Crippen LogP contribution in [0.3, 0.4) is 0 Å². The molecule has 2 aromatic rings. The van der Waals surface area contributed by atoms with Gasteiger partial charge in [0.2, 0.25) is 5.91 Å². The van der Waals surface area contributed by atoms with Gasteiger partial charge in [0, 0.05) is 31.5 Å². The highest BCUT2D eigenvalue weighted by atomic mass is 32.1. The van der Waals surface area contributed by atoms with Gasteiger partial charge in [0.25, 0.3) is 5.91 Å². The fourth-order valence-corrected chi connectivity index (χ4v) is 2.86. The van der Waals surface area contributed by atoms with Crippen molar-refractivity contribution in [2.24, 2.45) is 0 Å². The molecule has 0 aliphatic rings. The Balaban J connectivity index is 1.66. The maximum absolute atomic E-state index is 12.5. The zero-order valence-corrected chi connectivity index (χ0v) is 15.0. The minimum Gasteiger partial charge on any atom is -0.354 e. The van der Waals surface area contributed by atoms with E-state index in [4.69, 9.17) is 0 Å². The molecule has 1 aromatic heterocycles. The molecule has 0 radical (unpaired) electrons. The summed E-state index contributed by atoms with van der Waals surface area (Å²) in [7, 11) is 0. The van der Waals surface area contributed by atoms with Crippen LogP contribution in [0.1, 0.15) is 38.4 Å². The molecule has 0 bridgehead atoms. The summed E-state index contributed by atoms with van der Waals surface area (Å²) < 4.78 is 37.4. The van der Waals surface area contributed by atoms with Gasteiger partial charge < -0.3 is 10.6 Å². The number of thiophene rings is 1. The van der Waals surface area contributed by atoms with Crippen molar-refractivity contribution in [3.8, 4) is 0 Å². The van der Waals surface area contributed by atoms with Gasteiger partial charge in [-0.2, -0.15) is 13.2 Å². The standard InChI is InChI=1S/C18H17F3N2O3S/c19-18(20,21)13-5-3-12(4-6-13)17(26)23-10-9-22-16(25)8-7-14(24)15-2-1-11-27-15/h1-6,11H,7-10H2,(H,22,25)(H,23,26). The van der Waals surface area contributed by atoms with E-state index in [0.29, 0.717) is 4.88 Å². The van der Waals surface area contributed by atoms with Gasteiger partial charge in [-0.15, -0.1) is 11.3 Å². The fourth-order valence-electron chi connectivity index (χ4n) is 2.17. The molecule has 0 atom stereocenters. The molecule has 2 N–H and O–H groups in total. The number of hydrogen-bond donors (Lipinski definition) is 2. The lowest BCUT2D eigenvalue weighted by Gasteiger charge is -2.09. The van der Waals surface area contributed by atoms with Gasteiger partial charge in [-0.05, 0) is 35.7 Å². The van der Waals surface area contributed by atoms with Crippen LogP contribution in [0.5, 0.6) is 0 Å². The van der Waals surface area contributed by atoms with Crippen molar-refractivity contribution >= 4 is 28.9 Å². The van der Waals surface area contributed by atoms with Crippen LogP contribution in [0.4, 0.5) is 13.2 Å². The Labute approximate surface area is 157 Å². The summed E-state index contributed by atoms with van der Waals surface area (Å²) in [5, 5.41) is 6.85. The van der Waals surface area contributed by atoms with E-state index < -0.39 is 17.6 Å². The average Bonchev–Trinajstić information content (AvgIpc) is 3.17. The van der Waals surface area contributed by atoms with Crippen molar-refractivity contribution in [3.63, 3.8) is 0 Å².